The topological polar surface area (TPSA) is 55.8 Å². The molecule has 2 aromatic heterocycles. The standard InChI is InChI=1S/C26H25BrN4OS/c1-17-7-9-18(10-8-17)13-20(16-32-2)31-23-6-4-3-5-22(23)30(26(31)28)15-25-29-21-14-19(27)11-12-24(21)33-25/h3-12,14,20,28H,13,15-16H2,1-2H3/t20-/m0/s1. The second-order valence-electron chi connectivity index (χ2n) is 8.29. The number of para-hydroxylation sites is 2. The lowest BCUT2D eigenvalue weighted by molar-refractivity contribution is 0.154. The molecule has 0 saturated carbocycles. The maximum atomic E-state index is 9.14. The van der Waals surface area contributed by atoms with Gasteiger partial charge in [-0.25, -0.2) is 4.98 Å². The van der Waals surface area contributed by atoms with Crippen molar-refractivity contribution in [3.63, 3.8) is 0 Å². The monoisotopic (exact) mass is 520 g/mol. The number of hydrogen-bond donors (Lipinski definition) is 1. The van der Waals surface area contributed by atoms with E-state index < -0.39 is 0 Å². The van der Waals surface area contributed by atoms with Crippen molar-refractivity contribution < 1.29 is 4.74 Å². The van der Waals surface area contributed by atoms with Crippen LogP contribution in [0.4, 0.5) is 0 Å². The molecule has 0 amide bonds. The summed E-state index contributed by atoms with van der Waals surface area (Å²) in [5, 5.41) is 10.1. The number of nitrogens with zero attached hydrogens (tertiary/aromatic N) is 3. The Labute approximate surface area is 204 Å². The number of aromatic nitrogens is 3. The van der Waals surface area contributed by atoms with Gasteiger partial charge in [0.2, 0.25) is 5.62 Å². The predicted octanol–water partition coefficient (Wildman–Crippen LogP) is 6.08. The van der Waals surface area contributed by atoms with Gasteiger partial charge in [-0.1, -0.05) is 57.9 Å². The molecule has 1 atom stereocenters. The summed E-state index contributed by atoms with van der Waals surface area (Å²) in [5.41, 5.74) is 6.01. The Morgan fingerprint density at radius 1 is 1.06 bits per heavy atom. The van der Waals surface area contributed by atoms with Gasteiger partial charge in [0.1, 0.15) is 5.01 Å². The molecule has 7 heteroatoms. The fourth-order valence-electron chi connectivity index (χ4n) is 4.35. The van der Waals surface area contributed by atoms with Crippen LogP contribution in [0.2, 0.25) is 0 Å². The van der Waals surface area contributed by atoms with Gasteiger partial charge in [0.25, 0.3) is 0 Å². The number of halogens is 1. The van der Waals surface area contributed by atoms with Crippen LogP contribution in [0.5, 0.6) is 0 Å². The quantitative estimate of drug-likeness (QED) is 0.282. The van der Waals surface area contributed by atoms with Crippen LogP contribution in [-0.4, -0.2) is 27.8 Å². The summed E-state index contributed by atoms with van der Waals surface area (Å²) in [6, 6.07) is 23.1. The molecule has 0 saturated heterocycles. The third kappa shape index (κ3) is 4.40. The second kappa shape index (κ2) is 9.25. The Bertz CT molecular complexity index is 1480. The third-order valence-electron chi connectivity index (χ3n) is 5.92. The zero-order valence-electron chi connectivity index (χ0n) is 18.6. The first-order valence-electron chi connectivity index (χ1n) is 10.9. The predicted molar refractivity (Wildman–Crippen MR) is 138 cm³/mol. The average molecular weight is 521 g/mol. The van der Waals surface area contributed by atoms with Crippen molar-refractivity contribution in [2.24, 2.45) is 0 Å². The summed E-state index contributed by atoms with van der Waals surface area (Å²) >= 11 is 5.21. The summed E-state index contributed by atoms with van der Waals surface area (Å²) in [6.07, 6.45) is 0.799. The van der Waals surface area contributed by atoms with Gasteiger partial charge in [-0.15, -0.1) is 11.3 Å². The Morgan fingerprint density at radius 3 is 2.58 bits per heavy atom. The van der Waals surface area contributed by atoms with Crippen molar-refractivity contribution in [3.05, 3.63) is 93.0 Å². The van der Waals surface area contributed by atoms with Crippen LogP contribution in [0.3, 0.4) is 0 Å². The average Bonchev–Trinajstić information content (AvgIpc) is 3.33. The highest BCUT2D eigenvalue weighted by Gasteiger charge is 2.20. The lowest BCUT2D eigenvalue weighted by Gasteiger charge is -2.19. The van der Waals surface area contributed by atoms with E-state index in [9.17, 15) is 0 Å². The molecular weight excluding hydrogens is 496 g/mol. The number of nitrogens with one attached hydrogen (secondary N) is 1. The van der Waals surface area contributed by atoms with Gasteiger partial charge in [-0.3, -0.25) is 5.41 Å². The van der Waals surface area contributed by atoms with Crippen molar-refractivity contribution in [2.45, 2.75) is 25.9 Å². The van der Waals surface area contributed by atoms with E-state index in [2.05, 4.69) is 74.5 Å². The van der Waals surface area contributed by atoms with Crippen molar-refractivity contribution in [1.29, 1.82) is 5.41 Å². The minimum absolute atomic E-state index is 0.0164. The van der Waals surface area contributed by atoms with Crippen molar-refractivity contribution in [1.82, 2.24) is 14.1 Å². The number of benzene rings is 3. The number of thiazole rings is 1. The molecule has 1 N–H and O–H groups in total. The number of fused-ring (bicyclic) bond motifs is 2. The first-order valence-corrected chi connectivity index (χ1v) is 12.5. The lowest BCUT2D eigenvalue weighted by atomic mass is 10.0. The highest BCUT2D eigenvalue weighted by atomic mass is 79.9. The van der Waals surface area contributed by atoms with Crippen molar-refractivity contribution in [2.75, 3.05) is 13.7 Å². The zero-order valence-corrected chi connectivity index (χ0v) is 21.0. The van der Waals surface area contributed by atoms with E-state index in [1.807, 2.05) is 24.3 Å². The van der Waals surface area contributed by atoms with E-state index >= 15 is 0 Å². The third-order valence-corrected chi connectivity index (χ3v) is 7.43. The zero-order chi connectivity index (χ0) is 22.9. The molecule has 0 radical (unpaired) electrons. The first kappa shape index (κ1) is 22.1. The molecule has 0 spiro atoms. The van der Waals surface area contributed by atoms with E-state index in [0.717, 1.165) is 37.2 Å². The van der Waals surface area contributed by atoms with Crippen LogP contribution in [0.15, 0.2) is 71.2 Å². The molecule has 33 heavy (non-hydrogen) atoms. The van der Waals surface area contributed by atoms with Gasteiger partial charge in [-0.2, -0.15) is 0 Å². The second-order valence-corrected chi connectivity index (χ2v) is 10.3. The minimum atomic E-state index is 0.0164. The molecule has 0 fully saturated rings. The highest BCUT2D eigenvalue weighted by molar-refractivity contribution is 9.10. The number of ether oxygens (including phenoxy) is 1. The van der Waals surface area contributed by atoms with E-state index in [1.165, 1.54) is 11.1 Å². The molecule has 0 aliphatic carbocycles. The molecule has 5 aromatic rings. The molecule has 3 aromatic carbocycles. The first-order chi connectivity index (χ1) is 16.0. The minimum Gasteiger partial charge on any atom is -0.383 e. The van der Waals surface area contributed by atoms with Crippen molar-refractivity contribution >= 4 is 48.5 Å². The van der Waals surface area contributed by atoms with Gasteiger partial charge in [0, 0.05) is 11.6 Å². The van der Waals surface area contributed by atoms with Crippen LogP contribution >= 0.6 is 27.3 Å². The van der Waals surface area contributed by atoms with Gasteiger partial charge in [0.15, 0.2) is 0 Å². The highest BCUT2D eigenvalue weighted by Crippen LogP contribution is 2.27. The summed E-state index contributed by atoms with van der Waals surface area (Å²) in [7, 11) is 1.73. The summed E-state index contributed by atoms with van der Waals surface area (Å²) < 4.78 is 12.0. The van der Waals surface area contributed by atoms with Crippen molar-refractivity contribution in [3.8, 4) is 0 Å². The SMILES string of the molecule is COC[C@H](Cc1ccc(C)cc1)n1c(=N)n(Cc2nc3cc(Br)ccc3s2)c2ccccc21. The number of aryl methyl sites for hydroxylation is 1. The molecule has 0 aliphatic heterocycles. The van der Waals surface area contributed by atoms with Gasteiger partial charge in [-0.05, 0) is 49.2 Å². The van der Waals surface area contributed by atoms with Gasteiger partial charge >= 0.3 is 0 Å². The number of hydrogen-bond acceptors (Lipinski definition) is 4. The van der Waals surface area contributed by atoms with E-state index in [4.69, 9.17) is 15.1 Å². The molecule has 0 aliphatic rings. The molecular formula is C26H25BrN4OS. The molecule has 0 bridgehead atoms. The van der Waals surface area contributed by atoms with Gasteiger partial charge in [0.05, 0.1) is 40.4 Å². The number of imidazole rings is 1. The lowest BCUT2D eigenvalue weighted by Crippen LogP contribution is -2.31. The number of rotatable bonds is 7. The normalized spacial score (nSPS) is 12.6. The van der Waals surface area contributed by atoms with Crippen LogP contribution in [0.25, 0.3) is 21.3 Å². The number of methoxy groups -OCH3 is 1. The molecule has 5 nitrogen and oxygen atoms in total. The summed E-state index contributed by atoms with van der Waals surface area (Å²) in [6.45, 7) is 3.20. The largest absolute Gasteiger partial charge is 0.383 e. The summed E-state index contributed by atoms with van der Waals surface area (Å²) in [5.74, 6) is 0. The van der Waals surface area contributed by atoms with E-state index in [-0.39, 0.29) is 6.04 Å². The Hall–Kier alpha value is -2.74. The van der Waals surface area contributed by atoms with Gasteiger partial charge < -0.3 is 13.9 Å². The fourth-order valence-corrected chi connectivity index (χ4v) is 5.63. The Morgan fingerprint density at radius 2 is 1.82 bits per heavy atom. The Balaban J connectivity index is 1.58. The maximum Gasteiger partial charge on any atom is 0.203 e. The molecule has 5 rings (SSSR count). The molecule has 0 unspecified atom stereocenters. The van der Waals surface area contributed by atoms with Crippen LogP contribution in [0, 0.1) is 12.3 Å². The van der Waals surface area contributed by atoms with Crippen LogP contribution in [0.1, 0.15) is 22.2 Å². The summed E-state index contributed by atoms with van der Waals surface area (Å²) in [4.78, 5) is 4.83. The molecule has 2 heterocycles. The maximum absolute atomic E-state index is 9.14. The fraction of sp³-hybridized carbons (Fsp3) is 0.231. The van der Waals surface area contributed by atoms with E-state index in [0.29, 0.717) is 18.8 Å². The Kier molecular flexibility index (Phi) is 6.19. The van der Waals surface area contributed by atoms with Crippen LogP contribution in [-0.2, 0) is 17.7 Å². The smallest absolute Gasteiger partial charge is 0.203 e. The van der Waals surface area contributed by atoms with Crippen LogP contribution < -0.4 is 5.62 Å². The van der Waals surface area contributed by atoms with E-state index in [1.54, 1.807) is 18.4 Å². The molecule has 168 valence electrons.